The predicted molar refractivity (Wildman–Crippen MR) is 171 cm³/mol. The number of rotatable bonds is 8. The smallest absolute Gasteiger partial charge is 0.341 e. The van der Waals surface area contributed by atoms with Crippen LogP contribution in [0, 0.1) is 5.92 Å². The average molecular weight is 637 g/mol. The first-order chi connectivity index (χ1) is 21.1. The summed E-state index contributed by atoms with van der Waals surface area (Å²) in [7, 11) is 4.13. The highest BCUT2D eigenvalue weighted by Gasteiger charge is 2.52. The lowest BCUT2D eigenvalue weighted by atomic mass is 10.1. The van der Waals surface area contributed by atoms with Gasteiger partial charge in [0.05, 0.1) is 34.2 Å². The van der Waals surface area contributed by atoms with E-state index in [1.165, 1.54) is 6.20 Å². The summed E-state index contributed by atoms with van der Waals surface area (Å²) in [6.45, 7) is 2.08. The first-order valence-corrected chi connectivity index (χ1v) is 15.2. The lowest BCUT2D eigenvalue weighted by molar-refractivity contribution is 0.0695. The van der Waals surface area contributed by atoms with Gasteiger partial charge >= 0.3 is 5.97 Å². The number of carboxylic acids is 1. The van der Waals surface area contributed by atoms with Crippen LogP contribution in [0.5, 0.6) is 5.88 Å². The molecule has 1 saturated carbocycles. The third-order valence-electron chi connectivity index (χ3n) is 8.97. The maximum Gasteiger partial charge on any atom is 0.341 e. The number of aromatic carboxylic acids is 1. The summed E-state index contributed by atoms with van der Waals surface area (Å²) in [6.07, 6.45) is 5.00. The average Bonchev–Trinajstić information content (AvgIpc) is 3.63. The fourth-order valence-corrected chi connectivity index (χ4v) is 6.79. The Kier molecular flexibility index (Phi) is 7.06. The van der Waals surface area contributed by atoms with Crippen molar-refractivity contribution in [2.75, 3.05) is 49.3 Å². The Balaban J connectivity index is 1.26. The summed E-state index contributed by atoms with van der Waals surface area (Å²) in [5, 5.41) is 10.8. The molecule has 44 heavy (non-hydrogen) atoms. The molecular weight excluding hydrogens is 605 g/mol. The molecule has 7 rings (SSSR count). The molecule has 3 N–H and O–H groups in total. The Morgan fingerprint density at radius 3 is 2.64 bits per heavy atom. The van der Waals surface area contributed by atoms with Gasteiger partial charge in [-0.15, -0.1) is 0 Å². The number of benzene rings is 1. The number of hydrogen-bond acceptors (Lipinski definition) is 9. The highest BCUT2D eigenvalue weighted by Crippen LogP contribution is 2.51. The number of likely N-dealkylation sites (N-methyl/N-ethyl adjacent to an activating group) is 1. The molecule has 3 atom stereocenters. The molecule has 0 radical (unpaired) electrons. The molecule has 2 aliphatic heterocycles. The maximum atomic E-state index is 13.3. The molecule has 5 heterocycles. The zero-order chi connectivity index (χ0) is 30.9. The van der Waals surface area contributed by atoms with Crippen LogP contribution in [0.3, 0.4) is 0 Å². The second kappa shape index (κ2) is 10.8. The number of nitrogens with two attached hydrogens (primary N) is 1. The molecule has 11 nitrogen and oxygen atoms in total. The third-order valence-corrected chi connectivity index (χ3v) is 9.56. The Labute approximate surface area is 263 Å². The Bertz CT molecular complexity index is 1840. The van der Waals surface area contributed by atoms with Gasteiger partial charge in [0.1, 0.15) is 28.8 Å². The highest BCUT2D eigenvalue weighted by atomic mass is 35.5. The van der Waals surface area contributed by atoms with Gasteiger partial charge in [-0.25, -0.2) is 9.78 Å². The van der Waals surface area contributed by atoms with Gasteiger partial charge < -0.3 is 34.8 Å². The molecule has 0 bridgehead atoms. The topological polar surface area (TPSA) is 130 Å². The van der Waals surface area contributed by atoms with Crippen LogP contribution in [-0.2, 0) is 0 Å². The molecule has 3 aliphatic rings. The maximum absolute atomic E-state index is 13.3. The van der Waals surface area contributed by atoms with Crippen molar-refractivity contribution in [2.45, 2.75) is 31.0 Å². The van der Waals surface area contributed by atoms with Crippen molar-refractivity contribution < 1.29 is 14.6 Å². The van der Waals surface area contributed by atoms with Gasteiger partial charge in [0.2, 0.25) is 11.3 Å². The van der Waals surface area contributed by atoms with Crippen molar-refractivity contribution >= 4 is 57.4 Å². The number of carbonyl (C=O) groups is 1. The van der Waals surface area contributed by atoms with Gasteiger partial charge in [-0.3, -0.25) is 4.79 Å². The summed E-state index contributed by atoms with van der Waals surface area (Å²) in [5.74, 6) is 0.628. The van der Waals surface area contributed by atoms with Crippen LogP contribution < -0.4 is 25.7 Å². The van der Waals surface area contributed by atoms with E-state index in [1.54, 1.807) is 29.0 Å². The lowest BCUT2D eigenvalue weighted by Gasteiger charge is -2.43. The molecule has 1 aliphatic carbocycles. The van der Waals surface area contributed by atoms with Gasteiger partial charge in [0.25, 0.3) is 0 Å². The second-order valence-corrected chi connectivity index (χ2v) is 12.8. The van der Waals surface area contributed by atoms with Crippen molar-refractivity contribution in [3.8, 4) is 11.6 Å². The monoisotopic (exact) mass is 635 g/mol. The number of anilines is 3. The fourth-order valence-electron chi connectivity index (χ4n) is 6.37. The van der Waals surface area contributed by atoms with Gasteiger partial charge in [-0.05, 0) is 69.3 Å². The number of ether oxygens (including phenoxy) is 1. The fraction of sp³-hybridized carbons (Fsp3) is 0.355. The number of hydrogen-bond donors (Lipinski definition) is 2. The van der Waals surface area contributed by atoms with E-state index >= 15 is 0 Å². The predicted octanol–water partition coefficient (Wildman–Crippen LogP) is 4.16. The van der Waals surface area contributed by atoms with Crippen molar-refractivity contribution in [2.24, 2.45) is 5.92 Å². The second-order valence-electron chi connectivity index (χ2n) is 12.0. The van der Waals surface area contributed by atoms with E-state index in [-0.39, 0.29) is 28.9 Å². The quantitative estimate of drug-likeness (QED) is 0.291. The summed E-state index contributed by atoms with van der Waals surface area (Å²) < 4.78 is 7.73. The van der Waals surface area contributed by atoms with Crippen molar-refractivity contribution in [3.05, 3.63) is 74.6 Å². The van der Waals surface area contributed by atoms with Crippen LogP contribution in [0.25, 0.3) is 16.6 Å². The van der Waals surface area contributed by atoms with Crippen molar-refractivity contribution in [3.63, 3.8) is 0 Å². The molecule has 1 aromatic carbocycles. The van der Waals surface area contributed by atoms with Crippen LogP contribution >= 0.6 is 23.2 Å². The third kappa shape index (κ3) is 4.98. The number of piperidine rings is 1. The highest BCUT2D eigenvalue weighted by molar-refractivity contribution is 6.34. The largest absolute Gasteiger partial charge is 0.477 e. The van der Waals surface area contributed by atoms with Crippen LogP contribution in [0.1, 0.15) is 23.2 Å². The van der Waals surface area contributed by atoms with Crippen LogP contribution in [-0.4, -0.2) is 82.4 Å². The Morgan fingerprint density at radius 1 is 1.14 bits per heavy atom. The molecule has 13 heteroatoms. The number of nitrogens with zero attached hydrogens (tertiary/aromatic N) is 6. The molecule has 2 saturated heterocycles. The van der Waals surface area contributed by atoms with Gasteiger partial charge in [-0.1, -0.05) is 23.2 Å². The molecule has 0 amide bonds. The van der Waals surface area contributed by atoms with Crippen molar-refractivity contribution in [1.29, 1.82) is 0 Å². The molecule has 3 aromatic heterocycles. The zero-order valence-electron chi connectivity index (χ0n) is 24.2. The van der Waals surface area contributed by atoms with E-state index in [0.717, 1.165) is 37.4 Å². The summed E-state index contributed by atoms with van der Waals surface area (Å²) in [5.41, 5.74) is 6.82. The first-order valence-electron chi connectivity index (χ1n) is 14.4. The SMILES string of the molecule is CN(C)C1CN(c2ccc(-n3cc(C(=O)O)c(=O)c4cc(Cl)c(N5[C@@H](COc6nc(N)ccc6Cl)C[C@H]6C[C@H]65)cc43)cn2)C1. The Hall–Kier alpha value is -4.06. The van der Waals surface area contributed by atoms with E-state index in [0.29, 0.717) is 45.6 Å². The van der Waals surface area contributed by atoms with E-state index in [2.05, 4.69) is 38.8 Å². The first kappa shape index (κ1) is 28.7. The molecule has 0 unspecified atom stereocenters. The number of aromatic nitrogens is 3. The lowest BCUT2D eigenvalue weighted by Crippen LogP contribution is -2.57. The van der Waals surface area contributed by atoms with E-state index < -0.39 is 11.4 Å². The van der Waals surface area contributed by atoms with Crippen molar-refractivity contribution in [1.82, 2.24) is 19.4 Å². The summed E-state index contributed by atoms with van der Waals surface area (Å²) in [4.78, 5) is 40.9. The standard InChI is InChI=1S/C31H31Cl2N7O4/c1-37(2)19-12-38(13-19)28-6-3-17(11-35-28)39-14-21(31(42)43)29(41)20-9-23(33)26(10-25(20)39)40-18(7-16-8-24(16)40)15-44-30-22(32)4-5-27(34)36-30/h3-6,9-11,14,16,18-19,24H,7-8,12-13,15H2,1-2H3,(H2,34,36)(H,42,43)/t16-,18+,24+/m0/s1. The minimum atomic E-state index is -1.31. The Morgan fingerprint density at radius 2 is 1.93 bits per heavy atom. The zero-order valence-corrected chi connectivity index (χ0v) is 25.7. The minimum Gasteiger partial charge on any atom is -0.477 e. The van der Waals surface area contributed by atoms with Crippen LogP contribution in [0.2, 0.25) is 10.0 Å². The summed E-state index contributed by atoms with van der Waals surface area (Å²) >= 11 is 13.1. The van der Waals surface area contributed by atoms with Gasteiger partial charge in [-0.2, -0.15) is 4.98 Å². The van der Waals surface area contributed by atoms with E-state index in [1.807, 2.05) is 18.2 Å². The van der Waals surface area contributed by atoms with Gasteiger partial charge in [0.15, 0.2) is 0 Å². The number of carboxylic acid groups (broad SMARTS) is 1. The number of pyridine rings is 3. The molecular formula is C31H31Cl2N7O4. The van der Waals surface area contributed by atoms with Gasteiger partial charge in [0, 0.05) is 36.8 Å². The normalized spacial score (nSPS) is 21.1. The molecule has 4 aromatic rings. The minimum absolute atomic E-state index is 0.0186. The summed E-state index contributed by atoms with van der Waals surface area (Å²) in [6, 6.07) is 11.3. The van der Waals surface area contributed by atoms with Crippen LogP contribution in [0.15, 0.2) is 53.6 Å². The van der Waals surface area contributed by atoms with Crippen LogP contribution in [0.4, 0.5) is 17.3 Å². The van der Waals surface area contributed by atoms with E-state index in [4.69, 9.17) is 33.7 Å². The van der Waals surface area contributed by atoms with E-state index in [9.17, 15) is 14.7 Å². The molecule has 3 fully saturated rings. The molecule has 228 valence electrons. The number of fused-ring (bicyclic) bond motifs is 2. The number of nitrogen functional groups attached to an aromatic ring is 1. The number of halogens is 2. The molecule has 0 spiro atoms.